The molecule has 0 bridgehead atoms. The van der Waals surface area contributed by atoms with Gasteiger partial charge in [0, 0.05) is 10.6 Å². The highest BCUT2D eigenvalue weighted by atomic mass is 35.5. The molecular weight excluding hydrogens is 307 g/mol. The smallest absolute Gasteiger partial charge is 0.354 e. The summed E-state index contributed by atoms with van der Waals surface area (Å²) in [5, 5.41) is 14.1. The van der Waals surface area contributed by atoms with E-state index >= 15 is 0 Å². The molecule has 0 unspecified atom stereocenters. The van der Waals surface area contributed by atoms with E-state index in [2.05, 4.69) is 5.10 Å². The van der Waals surface area contributed by atoms with Crippen LogP contribution in [0, 0.1) is 5.82 Å². The first-order valence-electron chi connectivity index (χ1n) is 6.40. The molecule has 1 N–H and O–H groups in total. The van der Waals surface area contributed by atoms with Gasteiger partial charge in [0.1, 0.15) is 5.82 Å². The first kappa shape index (κ1) is 14.3. The van der Waals surface area contributed by atoms with Crippen molar-refractivity contribution in [1.82, 2.24) is 9.78 Å². The second-order valence-electron chi connectivity index (χ2n) is 4.62. The van der Waals surface area contributed by atoms with E-state index in [4.69, 9.17) is 11.6 Å². The van der Waals surface area contributed by atoms with Crippen molar-refractivity contribution in [3.63, 3.8) is 0 Å². The molecule has 2 aromatic carbocycles. The van der Waals surface area contributed by atoms with Crippen molar-refractivity contribution in [2.24, 2.45) is 0 Å². The molecule has 0 radical (unpaired) electrons. The van der Waals surface area contributed by atoms with Gasteiger partial charge in [-0.1, -0.05) is 17.7 Å². The summed E-state index contributed by atoms with van der Waals surface area (Å²) in [6.07, 6.45) is 0. The number of benzene rings is 2. The van der Waals surface area contributed by atoms with Gasteiger partial charge in [0.15, 0.2) is 5.69 Å². The molecule has 0 fully saturated rings. The average molecular weight is 317 g/mol. The predicted molar refractivity (Wildman–Crippen MR) is 80.9 cm³/mol. The summed E-state index contributed by atoms with van der Waals surface area (Å²) in [5.74, 6) is -1.47. The van der Waals surface area contributed by atoms with Gasteiger partial charge >= 0.3 is 5.97 Å². The first-order chi connectivity index (χ1) is 10.5. The lowest BCUT2D eigenvalue weighted by atomic mass is 10.1. The minimum atomic E-state index is -1.11. The summed E-state index contributed by atoms with van der Waals surface area (Å²) >= 11 is 5.94. The van der Waals surface area contributed by atoms with Gasteiger partial charge in [-0.05, 0) is 48.5 Å². The lowest BCUT2D eigenvalue weighted by molar-refractivity contribution is 0.0687. The van der Waals surface area contributed by atoms with Gasteiger partial charge in [0.05, 0.1) is 11.4 Å². The molecular formula is C16H10ClFN2O2. The molecule has 0 aliphatic heterocycles. The Kier molecular flexibility index (Phi) is 3.65. The van der Waals surface area contributed by atoms with Crippen LogP contribution in [0.4, 0.5) is 4.39 Å². The Hall–Kier alpha value is -2.66. The van der Waals surface area contributed by atoms with Crippen LogP contribution in [0.3, 0.4) is 0 Å². The van der Waals surface area contributed by atoms with E-state index in [0.29, 0.717) is 22.0 Å². The monoisotopic (exact) mass is 316 g/mol. The number of aromatic nitrogens is 2. The van der Waals surface area contributed by atoms with E-state index in [1.54, 1.807) is 36.4 Å². The molecule has 3 aromatic rings. The molecule has 3 rings (SSSR count). The molecule has 0 spiro atoms. The zero-order chi connectivity index (χ0) is 15.7. The molecule has 110 valence electrons. The topological polar surface area (TPSA) is 55.1 Å². The minimum absolute atomic E-state index is 0.00147. The van der Waals surface area contributed by atoms with E-state index in [1.807, 2.05) is 0 Å². The highest BCUT2D eigenvalue weighted by molar-refractivity contribution is 6.30. The molecule has 22 heavy (non-hydrogen) atoms. The van der Waals surface area contributed by atoms with Crippen LogP contribution in [0.2, 0.25) is 5.02 Å². The van der Waals surface area contributed by atoms with Gasteiger partial charge in [0.25, 0.3) is 0 Å². The summed E-state index contributed by atoms with van der Waals surface area (Å²) in [6, 6.07) is 13.9. The fourth-order valence-corrected chi connectivity index (χ4v) is 2.28. The highest BCUT2D eigenvalue weighted by Crippen LogP contribution is 2.23. The second-order valence-corrected chi connectivity index (χ2v) is 5.05. The molecule has 0 aliphatic rings. The van der Waals surface area contributed by atoms with Crippen LogP contribution in [0.1, 0.15) is 10.5 Å². The molecule has 1 heterocycles. The summed E-state index contributed by atoms with van der Waals surface area (Å²) in [6.45, 7) is 0. The SMILES string of the molecule is O=C(O)c1cc(-c2ccc(F)cc2)nn1-c1cccc(Cl)c1. The molecule has 6 heteroatoms. The van der Waals surface area contributed by atoms with E-state index in [0.717, 1.165) is 0 Å². The maximum Gasteiger partial charge on any atom is 0.354 e. The normalized spacial score (nSPS) is 10.6. The number of carboxylic acid groups (broad SMARTS) is 1. The molecule has 0 amide bonds. The molecule has 0 atom stereocenters. The number of nitrogens with zero attached hydrogens (tertiary/aromatic N) is 2. The first-order valence-corrected chi connectivity index (χ1v) is 6.77. The van der Waals surface area contributed by atoms with E-state index in [9.17, 15) is 14.3 Å². The Labute approximate surface area is 130 Å². The van der Waals surface area contributed by atoms with Crippen molar-refractivity contribution in [1.29, 1.82) is 0 Å². The highest BCUT2D eigenvalue weighted by Gasteiger charge is 2.16. The van der Waals surface area contributed by atoms with Crippen LogP contribution in [-0.4, -0.2) is 20.9 Å². The Morgan fingerprint density at radius 1 is 1.14 bits per heavy atom. The van der Waals surface area contributed by atoms with Crippen LogP contribution in [-0.2, 0) is 0 Å². The lowest BCUT2D eigenvalue weighted by Crippen LogP contribution is -2.07. The van der Waals surface area contributed by atoms with Crippen LogP contribution in [0.15, 0.2) is 54.6 Å². The van der Waals surface area contributed by atoms with E-state index in [1.165, 1.54) is 22.9 Å². The number of carboxylic acids is 1. The summed E-state index contributed by atoms with van der Waals surface area (Å²) in [5.41, 5.74) is 1.61. The molecule has 1 aromatic heterocycles. The number of hydrogen-bond donors (Lipinski definition) is 1. The van der Waals surface area contributed by atoms with Gasteiger partial charge in [-0.25, -0.2) is 13.9 Å². The zero-order valence-electron chi connectivity index (χ0n) is 11.2. The fraction of sp³-hybridized carbons (Fsp3) is 0. The van der Waals surface area contributed by atoms with Crippen LogP contribution >= 0.6 is 11.6 Å². The number of rotatable bonds is 3. The standard InChI is InChI=1S/C16H10ClFN2O2/c17-11-2-1-3-13(8-11)20-15(16(21)22)9-14(19-20)10-4-6-12(18)7-5-10/h1-9H,(H,21,22). The van der Waals surface area contributed by atoms with Crippen molar-refractivity contribution < 1.29 is 14.3 Å². The van der Waals surface area contributed by atoms with Gasteiger partial charge in [-0.3, -0.25) is 0 Å². The molecule has 0 aliphatic carbocycles. The Morgan fingerprint density at radius 2 is 1.86 bits per heavy atom. The molecule has 0 saturated heterocycles. The Morgan fingerprint density at radius 3 is 2.50 bits per heavy atom. The van der Waals surface area contributed by atoms with Crippen LogP contribution < -0.4 is 0 Å². The summed E-state index contributed by atoms with van der Waals surface area (Å²) in [4.78, 5) is 11.4. The van der Waals surface area contributed by atoms with Crippen molar-refractivity contribution in [2.45, 2.75) is 0 Å². The van der Waals surface area contributed by atoms with E-state index < -0.39 is 5.97 Å². The summed E-state index contributed by atoms with van der Waals surface area (Å²) < 4.78 is 14.3. The van der Waals surface area contributed by atoms with Crippen molar-refractivity contribution in [2.75, 3.05) is 0 Å². The fourth-order valence-electron chi connectivity index (χ4n) is 2.10. The van der Waals surface area contributed by atoms with Crippen LogP contribution in [0.5, 0.6) is 0 Å². The number of aromatic carboxylic acids is 1. The van der Waals surface area contributed by atoms with Crippen molar-refractivity contribution in [3.05, 3.63) is 71.1 Å². The molecule has 0 saturated carbocycles. The average Bonchev–Trinajstić information content (AvgIpc) is 2.93. The maximum atomic E-state index is 13.0. The summed E-state index contributed by atoms with van der Waals surface area (Å²) in [7, 11) is 0. The van der Waals surface area contributed by atoms with Gasteiger partial charge in [0.2, 0.25) is 0 Å². The van der Waals surface area contributed by atoms with Crippen molar-refractivity contribution >= 4 is 17.6 Å². The Bertz CT molecular complexity index is 844. The number of hydrogen-bond acceptors (Lipinski definition) is 2. The third kappa shape index (κ3) is 2.71. The van der Waals surface area contributed by atoms with Crippen LogP contribution in [0.25, 0.3) is 16.9 Å². The van der Waals surface area contributed by atoms with Crippen molar-refractivity contribution in [3.8, 4) is 16.9 Å². The largest absolute Gasteiger partial charge is 0.477 e. The van der Waals surface area contributed by atoms with Gasteiger partial charge in [-0.2, -0.15) is 5.10 Å². The Balaban J connectivity index is 2.14. The van der Waals surface area contributed by atoms with Gasteiger partial charge < -0.3 is 5.11 Å². The third-order valence-electron chi connectivity index (χ3n) is 3.12. The lowest BCUT2D eigenvalue weighted by Gasteiger charge is -2.04. The van der Waals surface area contributed by atoms with Gasteiger partial charge in [-0.15, -0.1) is 0 Å². The number of halogens is 2. The maximum absolute atomic E-state index is 13.0. The quantitative estimate of drug-likeness (QED) is 0.793. The zero-order valence-corrected chi connectivity index (χ0v) is 12.0. The van der Waals surface area contributed by atoms with E-state index in [-0.39, 0.29) is 11.5 Å². The molecule has 4 nitrogen and oxygen atoms in total. The minimum Gasteiger partial charge on any atom is -0.477 e. The second kappa shape index (κ2) is 5.61. The number of carbonyl (C=O) groups is 1. The third-order valence-corrected chi connectivity index (χ3v) is 3.36. The predicted octanol–water partition coefficient (Wildman–Crippen LogP) is 4.03.